The third kappa shape index (κ3) is 3.21. The molecule has 3 rings (SSSR count). The number of nitrogens with zero attached hydrogens (tertiary/aromatic N) is 4. The summed E-state index contributed by atoms with van der Waals surface area (Å²) in [6, 6.07) is 12.4. The zero-order valence-corrected chi connectivity index (χ0v) is 14.3. The van der Waals surface area contributed by atoms with E-state index in [0.29, 0.717) is 12.1 Å². The number of hydrogen-bond acceptors (Lipinski definition) is 4. The van der Waals surface area contributed by atoms with E-state index in [9.17, 15) is 10.4 Å². The third-order valence-corrected chi connectivity index (χ3v) is 4.84. The average Bonchev–Trinajstić information content (AvgIpc) is 2.91. The van der Waals surface area contributed by atoms with Gasteiger partial charge in [-0.1, -0.05) is 24.6 Å². The highest BCUT2D eigenvalue weighted by Gasteiger charge is 2.28. The maximum atomic E-state index is 10.1. The molecular weight excluding hydrogens is 300 g/mol. The van der Waals surface area contributed by atoms with Gasteiger partial charge in [0.05, 0.1) is 28.7 Å². The van der Waals surface area contributed by atoms with Crippen LogP contribution in [0.2, 0.25) is 0 Å². The van der Waals surface area contributed by atoms with Crippen molar-refractivity contribution in [2.24, 2.45) is 0 Å². The van der Waals surface area contributed by atoms with Gasteiger partial charge in [0, 0.05) is 12.6 Å². The topological polar surface area (TPSA) is 65.1 Å². The summed E-state index contributed by atoms with van der Waals surface area (Å²) >= 11 is 0. The van der Waals surface area contributed by atoms with Gasteiger partial charge in [0.25, 0.3) is 0 Å². The molecule has 1 aromatic heterocycles. The number of benzene rings is 1. The van der Waals surface area contributed by atoms with E-state index < -0.39 is 0 Å². The van der Waals surface area contributed by atoms with Crippen molar-refractivity contribution >= 4 is 0 Å². The average molecular weight is 324 g/mol. The SMILES string of the molecule is Cc1nn(-c2ccccc2)c(CN2CCCCC2C(C)O)c1C#N. The van der Waals surface area contributed by atoms with E-state index in [2.05, 4.69) is 16.1 Å². The Morgan fingerprint density at radius 3 is 2.75 bits per heavy atom. The molecular formula is C19H24N4O. The van der Waals surface area contributed by atoms with Gasteiger partial charge in [-0.15, -0.1) is 0 Å². The minimum atomic E-state index is -0.370. The minimum absolute atomic E-state index is 0.143. The normalized spacial score (nSPS) is 19.8. The van der Waals surface area contributed by atoms with Crippen LogP contribution in [0.4, 0.5) is 0 Å². The second-order valence-corrected chi connectivity index (χ2v) is 6.54. The van der Waals surface area contributed by atoms with Crippen LogP contribution in [0.1, 0.15) is 43.1 Å². The molecule has 5 heteroatoms. The third-order valence-electron chi connectivity index (χ3n) is 4.84. The zero-order chi connectivity index (χ0) is 17.1. The first kappa shape index (κ1) is 16.7. The van der Waals surface area contributed by atoms with Crippen molar-refractivity contribution < 1.29 is 5.11 Å². The molecule has 0 amide bonds. The van der Waals surface area contributed by atoms with E-state index in [0.717, 1.165) is 42.9 Å². The molecule has 2 aromatic rings. The number of aliphatic hydroxyl groups excluding tert-OH is 1. The van der Waals surface area contributed by atoms with E-state index in [4.69, 9.17) is 0 Å². The molecule has 0 spiro atoms. The van der Waals surface area contributed by atoms with E-state index >= 15 is 0 Å². The summed E-state index contributed by atoms with van der Waals surface area (Å²) in [6.07, 6.45) is 2.90. The molecule has 24 heavy (non-hydrogen) atoms. The van der Waals surface area contributed by atoms with Crippen LogP contribution in [0.15, 0.2) is 30.3 Å². The molecule has 1 aromatic carbocycles. The van der Waals surface area contributed by atoms with Gasteiger partial charge < -0.3 is 5.11 Å². The molecule has 1 N–H and O–H groups in total. The highest BCUT2D eigenvalue weighted by atomic mass is 16.3. The molecule has 2 heterocycles. The molecule has 1 fully saturated rings. The highest BCUT2D eigenvalue weighted by molar-refractivity contribution is 5.43. The van der Waals surface area contributed by atoms with Gasteiger partial charge in [-0.2, -0.15) is 10.4 Å². The molecule has 1 saturated heterocycles. The number of likely N-dealkylation sites (tertiary alicyclic amines) is 1. The smallest absolute Gasteiger partial charge is 0.103 e. The van der Waals surface area contributed by atoms with Gasteiger partial charge in [0.1, 0.15) is 6.07 Å². The summed E-state index contributed by atoms with van der Waals surface area (Å²) in [5, 5.41) is 24.3. The van der Waals surface area contributed by atoms with Gasteiger partial charge >= 0.3 is 0 Å². The number of piperidine rings is 1. The Bertz CT molecular complexity index is 730. The van der Waals surface area contributed by atoms with Crippen LogP contribution < -0.4 is 0 Å². The van der Waals surface area contributed by atoms with E-state index in [1.165, 1.54) is 0 Å². The Balaban J connectivity index is 1.99. The predicted molar refractivity (Wildman–Crippen MR) is 92.7 cm³/mol. The van der Waals surface area contributed by atoms with Crippen molar-refractivity contribution in [2.75, 3.05) is 6.54 Å². The fourth-order valence-electron chi connectivity index (χ4n) is 3.60. The molecule has 5 nitrogen and oxygen atoms in total. The quantitative estimate of drug-likeness (QED) is 0.939. The first-order chi connectivity index (χ1) is 11.6. The fourth-order valence-corrected chi connectivity index (χ4v) is 3.60. The fraction of sp³-hybridized carbons (Fsp3) is 0.474. The van der Waals surface area contributed by atoms with Crippen molar-refractivity contribution in [1.82, 2.24) is 14.7 Å². The Morgan fingerprint density at radius 1 is 1.33 bits per heavy atom. The number of para-hydroxylation sites is 1. The lowest BCUT2D eigenvalue weighted by molar-refractivity contribution is 0.0305. The molecule has 126 valence electrons. The van der Waals surface area contributed by atoms with Gasteiger partial charge in [-0.3, -0.25) is 4.90 Å². The van der Waals surface area contributed by atoms with Gasteiger partial charge in [0.2, 0.25) is 0 Å². The molecule has 0 saturated carbocycles. The van der Waals surface area contributed by atoms with Gasteiger partial charge in [-0.05, 0) is 45.4 Å². The summed E-state index contributed by atoms with van der Waals surface area (Å²) in [6.45, 7) is 5.31. The Kier molecular flexibility index (Phi) is 4.98. The van der Waals surface area contributed by atoms with Crippen LogP contribution >= 0.6 is 0 Å². The maximum Gasteiger partial charge on any atom is 0.103 e. The molecule has 2 atom stereocenters. The number of nitriles is 1. The summed E-state index contributed by atoms with van der Waals surface area (Å²) in [5.41, 5.74) is 3.27. The minimum Gasteiger partial charge on any atom is -0.392 e. The van der Waals surface area contributed by atoms with Crippen LogP contribution in [0.3, 0.4) is 0 Å². The van der Waals surface area contributed by atoms with E-state index in [-0.39, 0.29) is 12.1 Å². The van der Waals surface area contributed by atoms with Crippen LogP contribution in [0.5, 0.6) is 0 Å². The van der Waals surface area contributed by atoms with Gasteiger partial charge in [-0.25, -0.2) is 4.68 Å². The summed E-state index contributed by atoms with van der Waals surface area (Å²) in [7, 11) is 0. The first-order valence-electron chi connectivity index (χ1n) is 8.58. The number of aliphatic hydroxyl groups is 1. The summed E-state index contributed by atoms with van der Waals surface area (Å²) < 4.78 is 1.88. The summed E-state index contributed by atoms with van der Waals surface area (Å²) in [5.74, 6) is 0. The first-order valence-corrected chi connectivity index (χ1v) is 8.58. The Morgan fingerprint density at radius 2 is 2.08 bits per heavy atom. The number of aryl methyl sites for hydroxylation is 1. The zero-order valence-electron chi connectivity index (χ0n) is 14.3. The monoisotopic (exact) mass is 324 g/mol. The predicted octanol–water partition coefficient (Wildman–Crippen LogP) is 2.79. The van der Waals surface area contributed by atoms with Crippen LogP contribution in [0.25, 0.3) is 5.69 Å². The van der Waals surface area contributed by atoms with Crippen LogP contribution in [-0.4, -0.2) is 38.5 Å². The van der Waals surface area contributed by atoms with Crippen molar-refractivity contribution in [3.05, 3.63) is 47.3 Å². The molecule has 0 radical (unpaired) electrons. The van der Waals surface area contributed by atoms with Crippen LogP contribution in [0, 0.1) is 18.3 Å². The number of rotatable bonds is 4. The van der Waals surface area contributed by atoms with E-state index in [1.807, 2.05) is 48.9 Å². The molecule has 0 aliphatic carbocycles. The molecule has 2 unspecified atom stereocenters. The molecule has 1 aliphatic rings. The number of hydrogen-bond donors (Lipinski definition) is 1. The van der Waals surface area contributed by atoms with Crippen molar-refractivity contribution in [2.45, 2.75) is 51.8 Å². The maximum absolute atomic E-state index is 10.1. The standard InChI is InChI=1S/C19H24N4O/c1-14-17(12-20)19(23(21-14)16-8-4-3-5-9-16)13-22-11-7-6-10-18(22)15(2)24/h3-5,8-9,15,18,24H,6-7,10-11,13H2,1-2H3. The molecule has 1 aliphatic heterocycles. The largest absolute Gasteiger partial charge is 0.392 e. The highest BCUT2D eigenvalue weighted by Crippen LogP contribution is 2.25. The number of aromatic nitrogens is 2. The van der Waals surface area contributed by atoms with Gasteiger partial charge in [0.15, 0.2) is 0 Å². The van der Waals surface area contributed by atoms with Crippen LogP contribution in [-0.2, 0) is 6.54 Å². The lowest BCUT2D eigenvalue weighted by Gasteiger charge is -2.37. The molecule has 0 bridgehead atoms. The lowest BCUT2D eigenvalue weighted by atomic mass is 9.97. The second kappa shape index (κ2) is 7.16. The van der Waals surface area contributed by atoms with E-state index in [1.54, 1.807) is 0 Å². The Hall–Kier alpha value is -2.16. The summed E-state index contributed by atoms with van der Waals surface area (Å²) in [4.78, 5) is 2.30. The van der Waals surface area contributed by atoms with Crippen molar-refractivity contribution in [1.29, 1.82) is 5.26 Å². The Labute approximate surface area is 143 Å². The second-order valence-electron chi connectivity index (χ2n) is 6.54. The van der Waals surface area contributed by atoms with Crippen molar-refractivity contribution in [3.8, 4) is 11.8 Å². The van der Waals surface area contributed by atoms with Crippen molar-refractivity contribution in [3.63, 3.8) is 0 Å². The lowest BCUT2D eigenvalue weighted by Crippen LogP contribution is -2.45.